The summed E-state index contributed by atoms with van der Waals surface area (Å²) in [5, 5.41) is 10.6. The molecule has 3 rings (SSSR count). The van der Waals surface area contributed by atoms with Crippen LogP contribution >= 0.6 is 11.3 Å². The molecule has 20 heavy (non-hydrogen) atoms. The number of rotatable bonds is 2. The largest absolute Gasteiger partial charge is 0.383 e. The third kappa shape index (κ3) is 2.40. The van der Waals surface area contributed by atoms with Gasteiger partial charge in [-0.1, -0.05) is 6.07 Å². The molecule has 3 heteroatoms. The lowest BCUT2D eigenvalue weighted by Crippen LogP contribution is -2.04. The number of halogens is 1. The molecule has 0 spiro atoms. The van der Waals surface area contributed by atoms with Crippen molar-refractivity contribution >= 4 is 11.3 Å². The molecule has 0 saturated heterocycles. The highest BCUT2D eigenvalue weighted by atomic mass is 32.1. The predicted molar refractivity (Wildman–Crippen MR) is 80.9 cm³/mol. The second kappa shape index (κ2) is 5.30. The first-order valence-corrected chi connectivity index (χ1v) is 7.94. The Morgan fingerprint density at radius 1 is 1.15 bits per heavy atom. The first-order valence-electron chi connectivity index (χ1n) is 7.12. The SMILES string of the molecule is Cc1cc(C)c(C(O)c2cc3c(s2)CCCC3)c(F)c1. The van der Waals surface area contributed by atoms with Gasteiger partial charge >= 0.3 is 0 Å². The zero-order valence-electron chi connectivity index (χ0n) is 11.9. The van der Waals surface area contributed by atoms with Crippen molar-refractivity contribution in [2.75, 3.05) is 0 Å². The van der Waals surface area contributed by atoms with Crippen molar-refractivity contribution in [1.29, 1.82) is 0 Å². The second-order valence-corrected chi connectivity index (χ2v) is 6.85. The Kier molecular flexibility index (Phi) is 3.65. The highest BCUT2D eigenvalue weighted by Gasteiger charge is 2.22. The Morgan fingerprint density at radius 2 is 1.90 bits per heavy atom. The molecule has 0 aliphatic heterocycles. The summed E-state index contributed by atoms with van der Waals surface area (Å²) >= 11 is 1.64. The maximum atomic E-state index is 14.2. The Bertz CT molecular complexity index is 598. The molecule has 1 aromatic carbocycles. The van der Waals surface area contributed by atoms with Gasteiger partial charge in [-0.25, -0.2) is 4.39 Å². The molecule has 1 nitrogen and oxygen atoms in total. The molecule has 0 radical (unpaired) electrons. The summed E-state index contributed by atoms with van der Waals surface area (Å²) in [6.45, 7) is 3.73. The van der Waals surface area contributed by atoms with E-state index in [1.165, 1.54) is 29.3 Å². The van der Waals surface area contributed by atoms with E-state index in [1.54, 1.807) is 11.3 Å². The van der Waals surface area contributed by atoms with Crippen molar-refractivity contribution in [3.63, 3.8) is 0 Å². The molecule has 0 bridgehead atoms. The lowest BCUT2D eigenvalue weighted by molar-refractivity contribution is 0.218. The molecule has 0 amide bonds. The number of aliphatic hydroxyl groups excluding tert-OH is 1. The minimum atomic E-state index is -0.841. The van der Waals surface area contributed by atoms with Crippen molar-refractivity contribution in [2.24, 2.45) is 0 Å². The van der Waals surface area contributed by atoms with Gasteiger partial charge in [-0.2, -0.15) is 0 Å². The average molecular weight is 290 g/mol. The Hall–Kier alpha value is -1.19. The maximum absolute atomic E-state index is 14.2. The number of hydrogen-bond donors (Lipinski definition) is 1. The van der Waals surface area contributed by atoms with E-state index in [2.05, 4.69) is 6.07 Å². The average Bonchev–Trinajstić information content (AvgIpc) is 2.81. The summed E-state index contributed by atoms with van der Waals surface area (Å²) in [5.41, 5.74) is 3.48. The van der Waals surface area contributed by atoms with Gasteiger partial charge in [0, 0.05) is 15.3 Å². The number of fused-ring (bicyclic) bond motifs is 1. The van der Waals surface area contributed by atoms with Crippen LogP contribution in [-0.2, 0) is 12.8 Å². The lowest BCUT2D eigenvalue weighted by Gasteiger charge is -2.14. The quantitative estimate of drug-likeness (QED) is 0.865. The van der Waals surface area contributed by atoms with E-state index < -0.39 is 6.10 Å². The minimum Gasteiger partial charge on any atom is -0.383 e. The second-order valence-electron chi connectivity index (χ2n) is 5.68. The van der Waals surface area contributed by atoms with Crippen LogP contribution in [0.15, 0.2) is 18.2 Å². The molecule has 1 unspecified atom stereocenters. The van der Waals surface area contributed by atoms with Crippen LogP contribution in [0, 0.1) is 19.7 Å². The zero-order valence-corrected chi connectivity index (χ0v) is 12.7. The highest BCUT2D eigenvalue weighted by Crippen LogP contribution is 2.37. The standard InChI is InChI=1S/C17H19FOS/c1-10-7-11(2)16(13(18)8-10)17(19)15-9-12-5-3-4-6-14(12)20-15/h7-9,17,19H,3-6H2,1-2H3. The topological polar surface area (TPSA) is 20.2 Å². The number of aryl methyl sites for hydroxylation is 4. The third-order valence-electron chi connectivity index (χ3n) is 4.04. The van der Waals surface area contributed by atoms with Crippen LogP contribution in [0.1, 0.15) is 51.0 Å². The van der Waals surface area contributed by atoms with E-state index in [4.69, 9.17) is 0 Å². The van der Waals surface area contributed by atoms with Crippen LogP contribution in [0.25, 0.3) is 0 Å². The number of hydrogen-bond acceptors (Lipinski definition) is 2. The van der Waals surface area contributed by atoms with E-state index in [-0.39, 0.29) is 5.82 Å². The van der Waals surface area contributed by atoms with Gasteiger partial charge in [0.05, 0.1) is 0 Å². The molecule has 1 aliphatic rings. The van der Waals surface area contributed by atoms with Gasteiger partial charge in [0.25, 0.3) is 0 Å². The molecular weight excluding hydrogens is 271 g/mol. The number of thiophene rings is 1. The number of aliphatic hydroxyl groups is 1. The molecule has 1 N–H and O–H groups in total. The van der Waals surface area contributed by atoms with Gasteiger partial charge in [-0.05, 0) is 68.4 Å². The normalized spacial score (nSPS) is 16.0. The van der Waals surface area contributed by atoms with E-state index in [1.807, 2.05) is 19.9 Å². The van der Waals surface area contributed by atoms with E-state index in [9.17, 15) is 9.50 Å². The number of benzene rings is 1. The fourth-order valence-electron chi connectivity index (χ4n) is 3.06. The molecule has 1 aromatic heterocycles. The monoisotopic (exact) mass is 290 g/mol. The minimum absolute atomic E-state index is 0.304. The summed E-state index contributed by atoms with van der Waals surface area (Å²) in [5.74, 6) is -0.304. The predicted octanol–water partition coefficient (Wildman–Crippen LogP) is 4.46. The van der Waals surface area contributed by atoms with Gasteiger partial charge in [-0.15, -0.1) is 11.3 Å². The molecule has 1 heterocycles. The van der Waals surface area contributed by atoms with Crippen LogP contribution in [-0.4, -0.2) is 5.11 Å². The molecule has 1 aliphatic carbocycles. The molecule has 1 atom stereocenters. The zero-order chi connectivity index (χ0) is 14.3. The molecule has 2 aromatic rings. The third-order valence-corrected chi connectivity index (χ3v) is 5.33. The van der Waals surface area contributed by atoms with E-state index in [0.717, 1.165) is 28.8 Å². The van der Waals surface area contributed by atoms with Gasteiger partial charge in [0.15, 0.2) is 0 Å². The van der Waals surface area contributed by atoms with Crippen LogP contribution < -0.4 is 0 Å². The van der Waals surface area contributed by atoms with Gasteiger partial charge in [0.2, 0.25) is 0 Å². The Morgan fingerprint density at radius 3 is 2.60 bits per heavy atom. The fraction of sp³-hybridized carbons (Fsp3) is 0.412. The molecule has 0 saturated carbocycles. The van der Waals surface area contributed by atoms with Crippen LogP contribution in [0.5, 0.6) is 0 Å². The fourth-order valence-corrected chi connectivity index (χ4v) is 4.32. The van der Waals surface area contributed by atoms with Crippen molar-refractivity contribution in [3.05, 3.63) is 56.0 Å². The molecule has 0 fully saturated rings. The van der Waals surface area contributed by atoms with Crippen molar-refractivity contribution in [3.8, 4) is 0 Å². The summed E-state index contributed by atoms with van der Waals surface area (Å²) in [7, 11) is 0. The Balaban J connectivity index is 2.00. The molecule has 106 valence electrons. The summed E-state index contributed by atoms with van der Waals surface area (Å²) in [4.78, 5) is 2.25. The van der Waals surface area contributed by atoms with Crippen LogP contribution in [0.2, 0.25) is 0 Å². The van der Waals surface area contributed by atoms with Gasteiger partial charge in [-0.3, -0.25) is 0 Å². The van der Waals surface area contributed by atoms with E-state index in [0.29, 0.717) is 5.56 Å². The van der Waals surface area contributed by atoms with Crippen LogP contribution in [0.4, 0.5) is 4.39 Å². The van der Waals surface area contributed by atoms with Crippen molar-refractivity contribution in [1.82, 2.24) is 0 Å². The first kappa shape index (κ1) is 13.8. The van der Waals surface area contributed by atoms with Crippen molar-refractivity contribution in [2.45, 2.75) is 45.6 Å². The summed E-state index contributed by atoms with van der Waals surface area (Å²) in [6.07, 6.45) is 3.79. The van der Waals surface area contributed by atoms with Crippen molar-refractivity contribution < 1.29 is 9.50 Å². The lowest BCUT2D eigenvalue weighted by atomic mass is 9.96. The summed E-state index contributed by atoms with van der Waals surface area (Å²) in [6, 6.07) is 5.50. The summed E-state index contributed by atoms with van der Waals surface area (Å²) < 4.78 is 14.2. The first-order chi connectivity index (χ1) is 9.56. The van der Waals surface area contributed by atoms with Gasteiger partial charge < -0.3 is 5.11 Å². The van der Waals surface area contributed by atoms with E-state index >= 15 is 0 Å². The molecular formula is C17H19FOS. The van der Waals surface area contributed by atoms with Crippen LogP contribution in [0.3, 0.4) is 0 Å². The maximum Gasteiger partial charge on any atom is 0.129 e. The smallest absolute Gasteiger partial charge is 0.129 e. The highest BCUT2D eigenvalue weighted by molar-refractivity contribution is 7.12. The van der Waals surface area contributed by atoms with Gasteiger partial charge in [0.1, 0.15) is 11.9 Å². The Labute approximate surface area is 123 Å².